The van der Waals surface area contributed by atoms with Crippen LogP contribution in [0.3, 0.4) is 0 Å². The topological polar surface area (TPSA) is 41.5 Å². The first-order valence-electron chi connectivity index (χ1n) is 7.30. The first kappa shape index (κ1) is 14.9. The largest absolute Gasteiger partial charge is 0.273 e. The predicted octanol–water partition coefficient (Wildman–Crippen LogP) is 4.27. The molecule has 0 heterocycles. The number of nitrogens with zero attached hydrogens (tertiary/aromatic N) is 1. The quantitative estimate of drug-likeness (QED) is 0.654. The Morgan fingerprint density at radius 1 is 1.43 bits per heavy atom. The third-order valence-electron chi connectivity index (χ3n) is 4.95. The third-order valence-corrected chi connectivity index (χ3v) is 5.52. The summed E-state index contributed by atoms with van der Waals surface area (Å²) in [6.07, 6.45) is 6.36. The average molecular weight is 325 g/mol. The molecule has 0 spiro atoms. The molecule has 21 heavy (non-hydrogen) atoms. The second-order valence-electron chi connectivity index (χ2n) is 6.24. The molecule has 3 atom stereocenters. The normalized spacial score (nSPS) is 31.0. The monoisotopic (exact) mass is 324 g/mol. The van der Waals surface area contributed by atoms with Gasteiger partial charge in [-0.3, -0.25) is 4.79 Å². The number of rotatable bonds is 3. The Labute approximate surface area is 134 Å². The summed E-state index contributed by atoms with van der Waals surface area (Å²) in [4.78, 5) is 12.2. The molecule has 0 bridgehead atoms. The van der Waals surface area contributed by atoms with E-state index in [1.807, 2.05) is 0 Å². The molecule has 1 N–H and O–H groups in total. The van der Waals surface area contributed by atoms with E-state index in [0.717, 1.165) is 12.0 Å². The second kappa shape index (κ2) is 5.62. The van der Waals surface area contributed by atoms with E-state index in [-0.39, 0.29) is 17.2 Å². The molecule has 5 heteroatoms. The number of halogens is 2. The smallest absolute Gasteiger partial charge is 0.244 e. The maximum atomic E-state index is 12.2. The molecule has 2 saturated carbocycles. The molecule has 0 radical (unpaired) electrons. The summed E-state index contributed by atoms with van der Waals surface area (Å²) >= 11 is 11.9. The number of carbonyl (C=O) groups excluding carboxylic acids is 1. The van der Waals surface area contributed by atoms with Crippen molar-refractivity contribution in [1.29, 1.82) is 0 Å². The van der Waals surface area contributed by atoms with E-state index in [4.69, 9.17) is 23.2 Å². The van der Waals surface area contributed by atoms with Crippen molar-refractivity contribution in [3.63, 3.8) is 0 Å². The molecule has 0 aromatic heterocycles. The van der Waals surface area contributed by atoms with Crippen LogP contribution in [0.4, 0.5) is 0 Å². The summed E-state index contributed by atoms with van der Waals surface area (Å²) in [5.41, 5.74) is 3.60. The van der Waals surface area contributed by atoms with E-state index < -0.39 is 0 Å². The van der Waals surface area contributed by atoms with E-state index in [1.165, 1.54) is 19.3 Å². The number of amides is 1. The fraction of sp³-hybridized carbons (Fsp3) is 0.500. The van der Waals surface area contributed by atoms with Gasteiger partial charge >= 0.3 is 0 Å². The molecule has 3 nitrogen and oxygen atoms in total. The van der Waals surface area contributed by atoms with Crippen LogP contribution in [0, 0.1) is 17.3 Å². The van der Waals surface area contributed by atoms with Crippen LogP contribution < -0.4 is 5.43 Å². The summed E-state index contributed by atoms with van der Waals surface area (Å²) in [6.45, 7) is 2.22. The number of hydrazone groups is 1. The number of hydrogen-bond donors (Lipinski definition) is 1. The Kier molecular flexibility index (Phi) is 3.98. The molecule has 3 rings (SSSR count). The van der Waals surface area contributed by atoms with E-state index in [1.54, 1.807) is 24.4 Å². The van der Waals surface area contributed by atoms with Crippen molar-refractivity contribution in [1.82, 2.24) is 5.43 Å². The SMILES string of the molecule is C[C@]12CCCC[C@@H]1[C@H]2C(=O)N/N=C/c1ccc(Cl)cc1Cl. The van der Waals surface area contributed by atoms with Gasteiger partial charge in [-0.15, -0.1) is 0 Å². The Morgan fingerprint density at radius 2 is 2.24 bits per heavy atom. The highest BCUT2D eigenvalue weighted by molar-refractivity contribution is 6.36. The fourth-order valence-corrected chi connectivity index (χ4v) is 4.15. The minimum Gasteiger partial charge on any atom is -0.273 e. The van der Waals surface area contributed by atoms with Gasteiger partial charge in [0.1, 0.15) is 0 Å². The number of nitrogens with one attached hydrogen (secondary N) is 1. The summed E-state index contributed by atoms with van der Waals surface area (Å²) in [5, 5.41) is 5.13. The van der Waals surface area contributed by atoms with Crippen LogP contribution in [0.2, 0.25) is 10.0 Å². The van der Waals surface area contributed by atoms with Gasteiger partial charge < -0.3 is 0 Å². The van der Waals surface area contributed by atoms with Gasteiger partial charge in [0.15, 0.2) is 0 Å². The zero-order chi connectivity index (χ0) is 15.0. The number of carbonyl (C=O) groups is 1. The molecule has 112 valence electrons. The Morgan fingerprint density at radius 3 is 2.90 bits per heavy atom. The Hall–Kier alpha value is -1.06. The summed E-state index contributed by atoms with van der Waals surface area (Å²) in [6, 6.07) is 5.18. The van der Waals surface area contributed by atoms with Gasteiger partial charge in [-0.2, -0.15) is 5.10 Å². The standard InChI is InChI=1S/C16H18Cl2N2O/c1-16-7-3-2-4-12(16)14(16)15(21)20-19-9-10-5-6-11(17)8-13(10)18/h5-6,8-9,12,14H,2-4,7H2,1H3,(H,20,21)/b19-9+/t12-,14+,16+/m1/s1. The van der Waals surface area contributed by atoms with Crippen molar-refractivity contribution in [3.05, 3.63) is 33.8 Å². The summed E-state index contributed by atoms with van der Waals surface area (Å²) in [7, 11) is 0. The van der Waals surface area contributed by atoms with Gasteiger partial charge in [0.05, 0.1) is 11.2 Å². The van der Waals surface area contributed by atoms with Crippen LogP contribution in [0.5, 0.6) is 0 Å². The Bertz CT molecular complexity index is 602. The summed E-state index contributed by atoms with van der Waals surface area (Å²) in [5.74, 6) is 0.698. The van der Waals surface area contributed by atoms with E-state index >= 15 is 0 Å². The molecule has 0 unspecified atom stereocenters. The van der Waals surface area contributed by atoms with E-state index in [0.29, 0.717) is 16.0 Å². The van der Waals surface area contributed by atoms with Crippen LogP contribution in [-0.2, 0) is 4.79 Å². The molecule has 2 fully saturated rings. The third kappa shape index (κ3) is 2.82. The van der Waals surface area contributed by atoms with Crippen LogP contribution in [0.15, 0.2) is 23.3 Å². The molecule has 1 aromatic carbocycles. The van der Waals surface area contributed by atoms with E-state index in [9.17, 15) is 4.79 Å². The van der Waals surface area contributed by atoms with Crippen LogP contribution in [0.1, 0.15) is 38.2 Å². The van der Waals surface area contributed by atoms with Crippen LogP contribution in [0.25, 0.3) is 0 Å². The number of benzene rings is 1. The molecule has 2 aliphatic carbocycles. The molecule has 1 aromatic rings. The minimum absolute atomic E-state index is 0.0331. The van der Waals surface area contributed by atoms with Crippen molar-refractivity contribution in [2.24, 2.45) is 22.4 Å². The van der Waals surface area contributed by atoms with Gasteiger partial charge in [-0.1, -0.05) is 49.0 Å². The van der Waals surface area contributed by atoms with Crippen molar-refractivity contribution in [2.45, 2.75) is 32.6 Å². The van der Waals surface area contributed by atoms with Crippen molar-refractivity contribution >= 4 is 35.3 Å². The van der Waals surface area contributed by atoms with Crippen LogP contribution in [-0.4, -0.2) is 12.1 Å². The number of hydrogen-bond acceptors (Lipinski definition) is 2. The van der Waals surface area contributed by atoms with E-state index in [2.05, 4.69) is 17.5 Å². The second-order valence-corrected chi connectivity index (χ2v) is 7.08. The molecular formula is C16H18Cl2N2O. The minimum atomic E-state index is 0.0331. The lowest BCUT2D eigenvalue weighted by atomic mass is 9.90. The lowest BCUT2D eigenvalue weighted by Gasteiger charge is -2.15. The zero-order valence-electron chi connectivity index (χ0n) is 11.9. The van der Waals surface area contributed by atoms with Gasteiger partial charge in [-0.25, -0.2) is 5.43 Å². The molecule has 0 saturated heterocycles. The average Bonchev–Trinajstić information content (AvgIpc) is 3.07. The Balaban J connectivity index is 1.60. The van der Waals surface area contributed by atoms with Crippen molar-refractivity contribution in [2.75, 3.05) is 0 Å². The molecule has 1 amide bonds. The van der Waals surface area contributed by atoms with Crippen molar-refractivity contribution in [3.8, 4) is 0 Å². The molecule has 0 aliphatic heterocycles. The van der Waals surface area contributed by atoms with Crippen LogP contribution >= 0.6 is 23.2 Å². The maximum absolute atomic E-state index is 12.2. The maximum Gasteiger partial charge on any atom is 0.244 e. The van der Waals surface area contributed by atoms with Gasteiger partial charge in [0.2, 0.25) is 5.91 Å². The van der Waals surface area contributed by atoms with Gasteiger partial charge in [0, 0.05) is 16.5 Å². The zero-order valence-corrected chi connectivity index (χ0v) is 13.4. The van der Waals surface area contributed by atoms with Gasteiger partial charge in [0.25, 0.3) is 0 Å². The number of fused-ring (bicyclic) bond motifs is 1. The highest BCUT2D eigenvalue weighted by atomic mass is 35.5. The van der Waals surface area contributed by atoms with Crippen molar-refractivity contribution < 1.29 is 4.79 Å². The first-order valence-corrected chi connectivity index (χ1v) is 8.06. The fourth-order valence-electron chi connectivity index (χ4n) is 3.69. The summed E-state index contributed by atoms with van der Waals surface area (Å²) < 4.78 is 0. The van der Waals surface area contributed by atoms with Gasteiger partial charge in [-0.05, 0) is 36.3 Å². The lowest BCUT2D eigenvalue weighted by Crippen LogP contribution is -2.22. The highest BCUT2D eigenvalue weighted by Gasteiger charge is 2.64. The lowest BCUT2D eigenvalue weighted by molar-refractivity contribution is -0.123. The molecule has 2 aliphatic rings. The molecular weight excluding hydrogens is 307 g/mol. The predicted molar refractivity (Wildman–Crippen MR) is 85.8 cm³/mol. The first-order chi connectivity index (χ1) is 10.0. The highest BCUT2D eigenvalue weighted by Crippen LogP contribution is 2.66.